The minimum Gasteiger partial charge on any atom is -0.496 e. The summed E-state index contributed by atoms with van der Waals surface area (Å²) in [5.74, 6) is 0.702. The highest BCUT2D eigenvalue weighted by atomic mass is 79.9. The zero-order valence-electron chi connectivity index (χ0n) is 12.5. The van der Waals surface area contributed by atoms with Crippen molar-refractivity contribution in [3.8, 4) is 17.0 Å². The van der Waals surface area contributed by atoms with Crippen LogP contribution in [0.3, 0.4) is 0 Å². The van der Waals surface area contributed by atoms with Crippen molar-refractivity contribution in [2.75, 3.05) is 7.11 Å². The number of methoxy groups -OCH3 is 1. The van der Waals surface area contributed by atoms with Crippen LogP contribution in [0.4, 0.5) is 4.79 Å². The number of carbonyl (C=O) groups excluding carboxylic acids is 1. The predicted octanol–water partition coefficient (Wildman–Crippen LogP) is 4.71. The number of nitrogens with zero attached hydrogens (tertiary/aromatic N) is 1. The molecule has 1 heterocycles. The molecule has 0 aliphatic carbocycles. The maximum atomic E-state index is 12.3. The summed E-state index contributed by atoms with van der Waals surface area (Å²) in [5.41, 5.74) is 0.997. The SMILES string of the molecule is COc1ccccc1-c1cc(Br)cn1C(=O)OC(C)(C)C. The molecule has 0 amide bonds. The molecule has 112 valence electrons. The van der Waals surface area contributed by atoms with Crippen molar-refractivity contribution in [1.29, 1.82) is 0 Å². The molecule has 0 N–H and O–H groups in total. The molecular weight excluding hydrogens is 334 g/mol. The van der Waals surface area contributed by atoms with E-state index in [9.17, 15) is 4.79 Å². The largest absolute Gasteiger partial charge is 0.496 e. The smallest absolute Gasteiger partial charge is 0.419 e. The minimum absolute atomic E-state index is 0.422. The zero-order valence-corrected chi connectivity index (χ0v) is 14.1. The third-order valence-corrected chi connectivity index (χ3v) is 3.19. The molecule has 0 saturated carbocycles. The van der Waals surface area contributed by atoms with Gasteiger partial charge in [0.25, 0.3) is 0 Å². The minimum atomic E-state index is -0.550. The van der Waals surface area contributed by atoms with Crippen molar-refractivity contribution in [3.05, 3.63) is 41.0 Å². The maximum absolute atomic E-state index is 12.3. The number of hydrogen-bond acceptors (Lipinski definition) is 3. The van der Waals surface area contributed by atoms with Gasteiger partial charge >= 0.3 is 6.09 Å². The first kappa shape index (κ1) is 15.6. The number of aromatic nitrogens is 1. The van der Waals surface area contributed by atoms with E-state index in [0.717, 1.165) is 10.0 Å². The molecule has 1 aromatic heterocycles. The first-order chi connectivity index (χ1) is 9.81. The molecule has 1 aromatic carbocycles. The average molecular weight is 352 g/mol. The summed E-state index contributed by atoms with van der Waals surface area (Å²) in [4.78, 5) is 12.3. The Morgan fingerprint density at radius 2 is 1.90 bits per heavy atom. The van der Waals surface area contributed by atoms with E-state index in [0.29, 0.717) is 11.4 Å². The fourth-order valence-corrected chi connectivity index (χ4v) is 2.38. The highest BCUT2D eigenvalue weighted by molar-refractivity contribution is 9.10. The summed E-state index contributed by atoms with van der Waals surface area (Å²) in [5, 5.41) is 0. The molecule has 0 bridgehead atoms. The number of para-hydroxylation sites is 1. The molecule has 0 saturated heterocycles. The van der Waals surface area contributed by atoms with Crippen LogP contribution in [0.25, 0.3) is 11.3 Å². The topological polar surface area (TPSA) is 40.5 Å². The third kappa shape index (κ3) is 3.67. The fraction of sp³-hybridized carbons (Fsp3) is 0.312. The summed E-state index contributed by atoms with van der Waals surface area (Å²) in [6.07, 6.45) is 1.27. The van der Waals surface area contributed by atoms with Crippen molar-refractivity contribution in [3.63, 3.8) is 0 Å². The Labute approximate surface area is 132 Å². The highest BCUT2D eigenvalue weighted by Gasteiger charge is 2.21. The Kier molecular flexibility index (Phi) is 4.42. The van der Waals surface area contributed by atoms with E-state index in [4.69, 9.17) is 9.47 Å². The second kappa shape index (κ2) is 5.93. The van der Waals surface area contributed by atoms with E-state index in [1.807, 2.05) is 51.1 Å². The van der Waals surface area contributed by atoms with Gasteiger partial charge in [0.1, 0.15) is 11.4 Å². The van der Waals surface area contributed by atoms with Crippen molar-refractivity contribution in [2.45, 2.75) is 26.4 Å². The van der Waals surface area contributed by atoms with Gasteiger partial charge in [0.2, 0.25) is 0 Å². The van der Waals surface area contributed by atoms with Gasteiger partial charge in [-0.05, 0) is 54.9 Å². The van der Waals surface area contributed by atoms with Crippen LogP contribution in [0.2, 0.25) is 0 Å². The van der Waals surface area contributed by atoms with Gasteiger partial charge in [0.05, 0.1) is 12.8 Å². The molecule has 0 atom stereocenters. The van der Waals surface area contributed by atoms with Crippen LogP contribution in [0.1, 0.15) is 20.8 Å². The Morgan fingerprint density at radius 3 is 2.52 bits per heavy atom. The van der Waals surface area contributed by atoms with Crippen molar-refractivity contribution in [2.24, 2.45) is 0 Å². The average Bonchev–Trinajstić information content (AvgIpc) is 2.79. The van der Waals surface area contributed by atoms with Crippen molar-refractivity contribution >= 4 is 22.0 Å². The number of benzene rings is 1. The second-order valence-electron chi connectivity index (χ2n) is 5.59. The van der Waals surface area contributed by atoms with Gasteiger partial charge in [-0.1, -0.05) is 12.1 Å². The van der Waals surface area contributed by atoms with E-state index in [-0.39, 0.29) is 0 Å². The Morgan fingerprint density at radius 1 is 1.24 bits per heavy atom. The number of rotatable bonds is 2. The molecule has 21 heavy (non-hydrogen) atoms. The van der Waals surface area contributed by atoms with Crippen molar-refractivity contribution < 1.29 is 14.3 Å². The van der Waals surface area contributed by atoms with Crippen LogP contribution in [-0.4, -0.2) is 23.4 Å². The van der Waals surface area contributed by atoms with Crippen LogP contribution in [0.15, 0.2) is 41.0 Å². The first-order valence-corrected chi connectivity index (χ1v) is 7.36. The van der Waals surface area contributed by atoms with Gasteiger partial charge < -0.3 is 9.47 Å². The van der Waals surface area contributed by atoms with Crippen molar-refractivity contribution in [1.82, 2.24) is 4.57 Å². The standard InChI is InChI=1S/C16H18BrNO3/c1-16(2,3)21-15(19)18-10-11(17)9-13(18)12-7-5-6-8-14(12)20-4/h5-10H,1-4H3. The third-order valence-electron chi connectivity index (χ3n) is 2.76. The molecule has 2 rings (SSSR count). The van der Waals surface area contributed by atoms with Gasteiger partial charge in [0.15, 0.2) is 0 Å². The molecule has 0 aliphatic rings. The number of halogens is 1. The van der Waals surface area contributed by atoms with Gasteiger partial charge in [-0.2, -0.15) is 0 Å². The molecule has 2 aromatic rings. The van der Waals surface area contributed by atoms with Gasteiger partial charge in [-0.25, -0.2) is 4.79 Å². The number of hydrogen-bond donors (Lipinski definition) is 0. The molecule has 0 fully saturated rings. The summed E-state index contributed by atoms with van der Waals surface area (Å²) < 4.78 is 13.1. The summed E-state index contributed by atoms with van der Waals surface area (Å²) in [6, 6.07) is 9.41. The van der Waals surface area contributed by atoms with E-state index < -0.39 is 11.7 Å². The van der Waals surface area contributed by atoms with Crippen LogP contribution >= 0.6 is 15.9 Å². The lowest BCUT2D eigenvalue weighted by Crippen LogP contribution is -2.27. The highest BCUT2D eigenvalue weighted by Crippen LogP contribution is 2.33. The maximum Gasteiger partial charge on any atom is 0.419 e. The lowest BCUT2D eigenvalue weighted by Gasteiger charge is -2.20. The van der Waals surface area contributed by atoms with E-state index >= 15 is 0 Å². The molecular formula is C16H18BrNO3. The van der Waals surface area contributed by atoms with Crippen LogP contribution in [-0.2, 0) is 4.74 Å². The predicted molar refractivity (Wildman–Crippen MR) is 85.8 cm³/mol. The van der Waals surface area contributed by atoms with E-state index in [1.54, 1.807) is 13.3 Å². The normalized spacial score (nSPS) is 11.3. The number of carbonyl (C=O) groups is 1. The summed E-state index contributed by atoms with van der Waals surface area (Å²) in [7, 11) is 1.61. The number of ether oxygens (including phenoxy) is 2. The molecule has 5 heteroatoms. The zero-order chi connectivity index (χ0) is 15.6. The lowest BCUT2D eigenvalue weighted by molar-refractivity contribution is 0.0540. The van der Waals surface area contributed by atoms with Gasteiger partial charge in [-0.3, -0.25) is 4.57 Å². The Bertz CT molecular complexity index is 656. The van der Waals surface area contributed by atoms with Gasteiger partial charge in [-0.15, -0.1) is 0 Å². The molecule has 0 unspecified atom stereocenters. The molecule has 0 radical (unpaired) electrons. The first-order valence-electron chi connectivity index (χ1n) is 6.56. The molecule has 0 spiro atoms. The van der Waals surface area contributed by atoms with Crippen LogP contribution in [0, 0.1) is 0 Å². The Hall–Kier alpha value is -1.75. The Balaban J connectivity index is 2.48. The summed E-state index contributed by atoms with van der Waals surface area (Å²) >= 11 is 3.41. The van der Waals surface area contributed by atoms with Gasteiger partial charge in [0, 0.05) is 16.2 Å². The van der Waals surface area contributed by atoms with Crippen LogP contribution in [0.5, 0.6) is 5.75 Å². The molecule has 4 nitrogen and oxygen atoms in total. The monoisotopic (exact) mass is 351 g/mol. The van der Waals surface area contributed by atoms with Crippen LogP contribution < -0.4 is 4.74 Å². The lowest BCUT2D eigenvalue weighted by atomic mass is 10.1. The van der Waals surface area contributed by atoms with E-state index in [2.05, 4.69) is 15.9 Å². The van der Waals surface area contributed by atoms with E-state index in [1.165, 1.54) is 4.57 Å². The fourth-order valence-electron chi connectivity index (χ4n) is 1.96. The molecule has 0 aliphatic heterocycles. The second-order valence-corrected chi connectivity index (χ2v) is 6.51. The quantitative estimate of drug-likeness (QED) is 0.786. The summed E-state index contributed by atoms with van der Waals surface area (Å²) in [6.45, 7) is 5.52.